The van der Waals surface area contributed by atoms with Gasteiger partial charge in [-0.3, -0.25) is 9.48 Å². The lowest BCUT2D eigenvalue weighted by Gasteiger charge is -2.36. The lowest BCUT2D eigenvalue weighted by Crippen LogP contribution is -2.46. The predicted octanol–water partition coefficient (Wildman–Crippen LogP) is 3.44. The number of aryl methyl sites for hydroxylation is 1. The zero-order chi connectivity index (χ0) is 15.8. The first-order valence-corrected chi connectivity index (χ1v) is 9.38. The van der Waals surface area contributed by atoms with E-state index in [-0.39, 0.29) is 5.92 Å². The fraction of sp³-hybridized carbons (Fsp3) is 0.556. The second-order valence-corrected chi connectivity index (χ2v) is 8.13. The molecular formula is C18H23N3OS. The third kappa shape index (κ3) is 3.07. The van der Waals surface area contributed by atoms with Crippen LogP contribution in [0, 0.1) is 12.8 Å². The van der Waals surface area contributed by atoms with E-state index in [0.717, 1.165) is 32.4 Å². The maximum absolute atomic E-state index is 13.0. The minimum absolute atomic E-state index is 0.214. The first-order chi connectivity index (χ1) is 11.2. The van der Waals surface area contributed by atoms with E-state index in [0.29, 0.717) is 17.9 Å². The molecule has 0 N–H and O–H groups in total. The summed E-state index contributed by atoms with van der Waals surface area (Å²) in [6, 6.07) is 6.63. The Bertz CT molecular complexity index is 678. The molecule has 1 amide bonds. The Kier molecular flexibility index (Phi) is 3.97. The number of likely N-dealkylation sites (tertiary alicyclic amines) is 1. The molecule has 2 aromatic rings. The maximum Gasteiger partial charge on any atom is 0.226 e. The molecule has 0 spiro atoms. The van der Waals surface area contributed by atoms with Crippen LogP contribution in [0.15, 0.2) is 30.6 Å². The predicted molar refractivity (Wildman–Crippen MR) is 91.5 cm³/mol. The summed E-state index contributed by atoms with van der Waals surface area (Å²) >= 11 is 1.85. The van der Waals surface area contributed by atoms with E-state index in [9.17, 15) is 4.79 Å². The fourth-order valence-electron chi connectivity index (χ4n) is 3.75. The van der Waals surface area contributed by atoms with Crippen molar-refractivity contribution in [2.24, 2.45) is 5.92 Å². The van der Waals surface area contributed by atoms with Gasteiger partial charge in [0.15, 0.2) is 0 Å². The maximum atomic E-state index is 13.0. The highest BCUT2D eigenvalue weighted by atomic mass is 32.1. The molecule has 4 nitrogen and oxygen atoms in total. The average Bonchev–Trinajstić information content (AvgIpc) is 2.96. The lowest BCUT2D eigenvalue weighted by molar-refractivity contribution is -0.136. The molecule has 0 bridgehead atoms. The van der Waals surface area contributed by atoms with Crippen molar-refractivity contribution in [1.29, 1.82) is 0 Å². The van der Waals surface area contributed by atoms with Crippen molar-refractivity contribution in [3.63, 3.8) is 0 Å². The Morgan fingerprint density at radius 2 is 2.30 bits per heavy atom. The molecule has 4 rings (SSSR count). The Balaban J connectivity index is 1.44. The van der Waals surface area contributed by atoms with Gasteiger partial charge in [-0.2, -0.15) is 5.10 Å². The van der Waals surface area contributed by atoms with E-state index in [4.69, 9.17) is 0 Å². The Labute approximate surface area is 141 Å². The first-order valence-electron chi connectivity index (χ1n) is 8.56. The second kappa shape index (κ2) is 6.11. The summed E-state index contributed by atoms with van der Waals surface area (Å²) in [6.07, 6.45) is 8.28. The summed E-state index contributed by atoms with van der Waals surface area (Å²) in [5.74, 6) is 1.05. The number of aromatic nitrogens is 2. The molecule has 1 saturated carbocycles. The summed E-state index contributed by atoms with van der Waals surface area (Å²) in [5.41, 5.74) is 0. The van der Waals surface area contributed by atoms with Gasteiger partial charge >= 0.3 is 0 Å². The van der Waals surface area contributed by atoms with Gasteiger partial charge in [-0.25, -0.2) is 0 Å². The summed E-state index contributed by atoms with van der Waals surface area (Å²) in [5, 5.41) is 4.31. The van der Waals surface area contributed by atoms with Gasteiger partial charge in [0.25, 0.3) is 0 Å². The second-order valence-electron chi connectivity index (χ2n) is 6.81. The van der Waals surface area contributed by atoms with Gasteiger partial charge in [0.2, 0.25) is 5.91 Å². The molecule has 2 aromatic heterocycles. The molecule has 3 atom stereocenters. The molecule has 5 heteroatoms. The highest BCUT2D eigenvalue weighted by Crippen LogP contribution is 2.51. The molecule has 1 aliphatic carbocycles. The molecule has 2 aliphatic rings. The lowest BCUT2D eigenvalue weighted by atomic mass is 10.0. The van der Waals surface area contributed by atoms with E-state index >= 15 is 0 Å². The number of carbonyl (C=O) groups is 1. The number of rotatable bonds is 4. The minimum Gasteiger partial charge on any atom is -0.338 e. The van der Waals surface area contributed by atoms with E-state index in [1.807, 2.05) is 34.5 Å². The van der Waals surface area contributed by atoms with Crippen LogP contribution in [0.1, 0.15) is 41.4 Å². The zero-order valence-corrected chi connectivity index (χ0v) is 14.3. The van der Waals surface area contributed by atoms with Gasteiger partial charge < -0.3 is 4.90 Å². The van der Waals surface area contributed by atoms with Crippen molar-refractivity contribution in [2.45, 2.75) is 51.1 Å². The Hall–Kier alpha value is -1.62. The third-order valence-electron chi connectivity index (χ3n) is 5.10. The highest BCUT2D eigenvalue weighted by molar-refractivity contribution is 7.12. The van der Waals surface area contributed by atoms with Crippen molar-refractivity contribution in [3.05, 3.63) is 40.3 Å². The van der Waals surface area contributed by atoms with Crippen LogP contribution in [0.4, 0.5) is 0 Å². The van der Waals surface area contributed by atoms with E-state index in [2.05, 4.69) is 29.1 Å². The van der Waals surface area contributed by atoms with Crippen LogP contribution in [0.5, 0.6) is 0 Å². The SMILES string of the molecule is Cc1ccc([C@@H]2C[C@@H]2C(=O)N2CCCC[C@H]2Cn2cccn2)s1. The topological polar surface area (TPSA) is 38.1 Å². The van der Waals surface area contributed by atoms with Crippen molar-refractivity contribution >= 4 is 17.2 Å². The standard InChI is InChI=1S/C18H23N3OS/c1-13-6-7-17(23-13)15-11-16(15)18(22)21-10-3-2-5-14(21)12-20-9-4-8-19-20/h4,6-9,14-16H,2-3,5,10-12H2,1H3/t14-,15+,16-/m0/s1. The number of amides is 1. The van der Waals surface area contributed by atoms with Gasteiger partial charge in [-0.15, -0.1) is 11.3 Å². The largest absolute Gasteiger partial charge is 0.338 e. The molecule has 23 heavy (non-hydrogen) atoms. The van der Waals surface area contributed by atoms with Crippen LogP contribution in [-0.4, -0.2) is 33.2 Å². The molecule has 1 saturated heterocycles. The van der Waals surface area contributed by atoms with Crippen LogP contribution in [0.3, 0.4) is 0 Å². The minimum atomic E-state index is 0.214. The molecule has 2 fully saturated rings. The molecule has 1 aliphatic heterocycles. The van der Waals surface area contributed by atoms with Crippen molar-refractivity contribution in [1.82, 2.24) is 14.7 Å². The van der Waals surface area contributed by atoms with Gasteiger partial charge in [-0.1, -0.05) is 0 Å². The molecule has 0 unspecified atom stereocenters. The van der Waals surface area contributed by atoms with Crippen LogP contribution in [-0.2, 0) is 11.3 Å². The number of hydrogen-bond donors (Lipinski definition) is 0. The van der Waals surface area contributed by atoms with E-state index in [1.165, 1.54) is 16.2 Å². The van der Waals surface area contributed by atoms with Crippen molar-refractivity contribution < 1.29 is 4.79 Å². The first kappa shape index (κ1) is 14.9. The average molecular weight is 329 g/mol. The van der Waals surface area contributed by atoms with Gasteiger partial charge in [0.05, 0.1) is 12.6 Å². The highest BCUT2D eigenvalue weighted by Gasteiger charge is 2.47. The summed E-state index contributed by atoms with van der Waals surface area (Å²) in [7, 11) is 0. The van der Waals surface area contributed by atoms with Crippen LogP contribution < -0.4 is 0 Å². The van der Waals surface area contributed by atoms with Crippen LogP contribution in [0.2, 0.25) is 0 Å². The number of hydrogen-bond acceptors (Lipinski definition) is 3. The number of carbonyl (C=O) groups excluding carboxylic acids is 1. The summed E-state index contributed by atoms with van der Waals surface area (Å²) in [4.78, 5) is 17.9. The van der Waals surface area contributed by atoms with Crippen molar-refractivity contribution in [3.8, 4) is 0 Å². The normalized spacial score (nSPS) is 27.2. The monoisotopic (exact) mass is 329 g/mol. The third-order valence-corrected chi connectivity index (χ3v) is 6.23. The Morgan fingerprint density at radius 3 is 3.04 bits per heavy atom. The van der Waals surface area contributed by atoms with Crippen molar-refractivity contribution in [2.75, 3.05) is 6.54 Å². The molecule has 0 aromatic carbocycles. The quantitative estimate of drug-likeness (QED) is 0.862. The number of nitrogens with zero attached hydrogens (tertiary/aromatic N) is 3. The van der Waals surface area contributed by atoms with Gasteiger partial charge in [0.1, 0.15) is 0 Å². The number of thiophene rings is 1. The van der Waals surface area contributed by atoms with Crippen LogP contribution in [0.25, 0.3) is 0 Å². The van der Waals surface area contributed by atoms with Gasteiger partial charge in [0, 0.05) is 40.5 Å². The molecule has 122 valence electrons. The zero-order valence-electron chi connectivity index (χ0n) is 13.5. The summed E-state index contributed by atoms with van der Waals surface area (Å²) < 4.78 is 1.96. The van der Waals surface area contributed by atoms with E-state index < -0.39 is 0 Å². The van der Waals surface area contributed by atoms with E-state index in [1.54, 1.807) is 0 Å². The molecular weight excluding hydrogens is 306 g/mol. The fourth-order valence-corrected chi connectivity index (χ4v) is 4.81. The molecule has 0 radical (unpaired) electrons. The van der Waals surface area contributed by atoms with Crippen LogP contribution >= 0.6 is 11.3 Å². The number of piperidine rings is 1. The summed E-state index contributed by atoms with van der Waals surface area (Å²) in [6.45, 7) is 3.88. The smallest absolute Gasteiger partial charge is 0.226 e. The molecule has 3 heterocycles. The Morgan fingerprint density at radius 1 is 1.39 bits per heavy atom. The van der Waals surface area contributed by atoms with Gasteiger partial charge in [-0.05, 0) is 50.8 Å².